The van der Waals surface area contributed by atoms with Crippen molar-refractivity contribution in [2.45, 2.75) is 179 Å². The summed E-state index contributed by atoms with van der Waals surface area (Å²) >= 11 is 0. The van der Waals surface area contributed by atoms with Gasteiger partial charge in [0.05, 0.1) is 6.10 Å². The summed E-state index contributed by atoms with van der Waals surface area (Å²) in [6.07, 6.45) is 8.53. The minimum absolute atomic E-state index is 0. The van der Waals surface area contributed by atoms with Gasteiger partial charge < -0.3 is 9.47 Å². The summed E-state index contributed by atoms with van der Waals surface area (Å²) in [5.74, 6) is 0. The highest BCUT2D eigenvalue weighted by atomic mass is 28.3. The first kappa shape index (κ1) is 59.4. The lowest BCUT2D eigenvalue weighted by Crippen LogP contribution is -2.61. The maximum absolute atomic E-state index is 5.28. The minimum Gasteiger partial charge on any atom is -0.385 e. The summed E-state index contributed by atoms with van der Waals surface area (Å²) in [5, 5.41) is 3.91. The van der Waals surface area contributed by atoms with Crippen LogP contribution in [0.1, 0.15) is 136 Å². The molecular weight excluding hydrogens is 701 g/mol. The number of aryl methyl sites for hydroxylation is 1. The van der Waals surface area contributed by atoms with Crippen LogP contribution in [0.3, 0.4) is 0 Å². The second-order valence-electron chi connectivity index (χ2n) is 18.9. The summed E-state index contributed by atoms with van der Waals surface area (Å²) < 4.78 is 9.82. The topological polar surface area (TPSA) is 18.5 Å². The van der Waals surface area contributed by atoms with Crippen molar-refractivity contribution >= 4 is 26.5 Å². The third-order valence-electron chi connectivity index (χ3n) is 9.69. The van der Waals surface area contributed by atoms with E-state index in [1.165, 1.54) is 35.2 Å². The van der Waals surface area contributed by atoms with Crippen LogP contribution < -0.4 is 10.4 Å². The number of ether oxygens (including phenoxy) is 2. The Hall–Kier alpha value is -2.25. The molecule has 1 atom stereocenters. The SMILES string of the molecule is C.C=CCC.CC(C)(C)C.CC(C)(C)[Si](C)(C)C.CC(C)(C)[Si](C)(c1ccccc1)c1ccccc1.CC1CCCCO1.CCOC.CCc1ccccc1. The summed E-state index contributed by atoms with van der Waals surface area (Å²) in [4.78, 5) is 0. The molecule has 1 saturated heterocycles. The van der Waals surface area contributed by atoms with E-state index in [9.17, 15) is 0 Å². The van der Waals surface area contributed by atoms with Gasteiger partial charge in [-0.2, -0.15) is 0 Å². The van der Waals surface area contributed by atoms with E-state index in [1.807, 2.05) is 19.1 Å². The molecule has 0 aromatic heterocycles. The fourth-order valence-electron chi connectivity index (χ4n) is 4.19. The number of benzene rings is 3. The van der Waals surface area contributed by atoms with Gasteiger partial charge in [-0.25, -0.2) is 0 Å². The molecule has 318 valence electrons. The Morgan fingerprint density at radius 3 is 1.16 bits per heavy atom. The summed E-state index contributed by atoms with van der Waals surface area (Å²) in [6.45, 7) is 46.2. The fourth-order valence-corrected chi connectivity index (χ4v) is 7.97. The third-order valence-corrected chi connectivity index (χ3v) is 20.2. The van der Waals surface area contributed by atoms with Gasteiger partial charge in [0.2, 0.25) is 0 Å². The van der Waals surface area contributed by atoms with Crippen LogP contribution in [0, 0.1) is 5.41 Å². The Bertz CT molecular complexity index is 1180. The molecule has 0 aliphatic carbocycles. The molecule has 0 amide bonds. The molecule has 2 nitrogen and oxygen atoms in total. The molecule has 55 heavy (non-hydrogen) atoms. The predicted octanol–water partition coefficient (Wildman–Crippen LogP) is 15.6. The highest BCUT2D eigenvalue weighted by Gasteiger charge is 2.42. The molecule has 3 aromatic carbocycles. The molecule has 3 aromatic rings. The average molecular weight is 795 g/mol. The van der Waals surface area contributed by atoms with Crippen LogP contribution >= 0.6 is 0 Å². The van der Waals surface area contributed by atoms with E-state index in [1.54, 1.807) is 7.11 Å². The molecule has 0 spiro atoms. The maximum atomic E-state index is 5.28. The standard InChI is InChI=1S/C17H22Si.C8H10.C7H18Si.C6H12O.C5H12.C4H8.C3H8O.CH4/c1-17(2,3)18(4,15-11-7-5-8-12-15)16-13-9-6-10-14-16;1-2-8-6-4-3-5-7-8;1-7(2,3)8(4,5)6;1-6-4-2-3-5-7-6;1-5(2,3)4;2*1-3-4-2;/h5-14H,1-4H3;3-7H,2H2,1H3;1-6H3;6H,2-5H2,1H3;1-4H3;3H,1,4H2,2H3;3H2,1-2H3;1H4. The number of methoxy groups -OCH3 is 1. The molecule has 1 fully saturated rings. The van der Waals surface area contributed by atoms with Crippen LogP contribution in [0.15, 0.2) is 104 Å². The molecular formula is C51H94O2Si2. The van der Waals surface area contributed by atoms with Gasteiger partial charge in [-0.1, -0.05) is 224 Å². The van der Waals surface area contributed by atoms with E-state index in [2.05, 4.69) is 212 Å². The summed E-state index contributed by atoms with van der Waals surface area (Å²) in [6, 6.07) is 32.5. The van der Waals surface area contributed by atoms with Crippen molar-refractivity contribution < 1.29 is 9.47 Å². The lowest BCUT2D eigenvalue weighted by molar-refractivity contribution is 0.0285. The Kier molecular flexibility index (Phi) is 34.4. The molecule has 0 bridgehead atoms. The van der Waals surface area contributed by atoms with E-state index in [0.29, 0.717) is 21.6 Å². The largest absolute Gasteiger partial charge is 0.385 e. The van der Waals surface area contributed by atoms with Crippen molar-refractivity contribution in [3.63, 3.8) is 0 Å². The molecule has 1 aliphatic rings. The van der Waals surface area contributed by atoms with Crippen molar-refractivity contribution in [3.05, 3.63) is 109 Å². The van der Waals surface area contributed by atoms with Gasteiger partial charge in [0.15, 0.2) is 0 Å². The summed E-state index contributed by atoms with van der Waals surface area (Å²) in [5.41, 5.74) is 1.91. The van der Waals surface area contributed by atoms with Crippen molar-refractivity contribution in [1.82, 2.24) is 0 Å². The number of hydrogen-bond donors (Lipinski definition) is 0. The van der Waals surface area contributed by atoms with Crippen LogP contribution in [-0.2, 0) is 15.9 Å². The molecule has 1 aliphatic heterocycles. The van der Waals surface area contributed by atoms with Gasteiger partial charge >= 0.3 is 0 Å². The Balaban J connectivity index is -0.000000300. The van der Waals surface area contributed by atoms with Gasteiger partial charge in [-0.05, 0) is 67.0 Å². The van der Waals surface area contributed by atoms with Crippen LogP contribution in [0.25, 0.3) is 0 Å². The van der Waals surface area contributed by atoms with Crippen molar-refractivity contribution in [1.29, 1.82) is 0 Å². The molecule has 4 rings (SSSR count). The van der Waals surface area contributed by atoms with Crippen LogP contribution in [0.2, 0.25) is 36.3 Å². The molecule has 4 heteroatoms. The van der Waals surface area contributed by atoms with Gasteiger partial charge in [0, 0.05) is 28.4 Å². The van der Waals surface area contributed by atoms with Crippen LogP contribution in [0.5, 0.6) is 0 Å². The monoisotopic (exact) mass is 795 g/mol. The normalized spacial score (nSPS) is 13.8. The summed E-state index contributed by atoms with van der Waals surface area (Å²) in [7, 11) is -0.881. The van der Waals surface area contributed by atoms with Crippen LogP contribution in [-0.4, -0.2) is 42.6 Å². The average Bonchev–Trinajstić information content (AvgIpc) is 3.11. The fraction of sp³-hybridized carbons (Fsp3) is 0.608. The third kappa shape index (κ3) is 31.5. The highest BCUT2D eigenvalue weighted by Crippen LogP contribution is 2.36. The molecule has 0 saturated carbocycles. The van der Waals surface area contributed by atoms with Crippen molar-refractivity contribution in [2.75, 3.05) is 20.3 Å². The predicted molar refractivity (Wildman–Crippen MR) is 262 cm³/mol. The quantitative estimate of drug-likeness (QED) is 0.189. The van der Waals surface area contributed by atoms with E-state index < -0.39 is 16.1 Å². The Morgan fingerprint density at radius 1 is 0.673 bits per heavy atom. The smallest absolute Gasteiger partial charge is 0.120 e. The highest BCUT2D eigenvalue weighted by molar-refractivity contribution is 7.03. The zero-order chi connectivity index (χ0) is 42.5. The Labute approximate surface area is 348 Å². The van der Waals surface area contributed by atoms with Gasteiger partial charge in [-0.15, -0.1) is 6.58 Å². The molecule has 1 heterocycles. The second kappa shape index (κ2) is 31.8. The lowest BCUT2D eigenvalue weighted by Gasteiger charge is -2.41. The van der Waals surface area contributed by atoms with E-state index in [0.717, 1.165) is 26.1 Å². The van der Waals surface area contributed by atoms with Crippen molar-refractivity contribution in [3.8, 4) is 0 Å². The van der Waals surface area contributed by atoms with Crippen LogP contribution in [0.4, 0.5) is 0 Å². The molecule has 0 radical (unpaired) electrons. The van der Waals surface area contributed by atoms with Gasteiger partial charge in [-0.3, -0.25) is 0 Å². The molecule has 1 unspecified atom stereocenters. The van der Waals surface area contributed by atoms with E-state index >= 15 is 0 Å². The maximum Gasteiger partial charge on any atom is 0.120 e. The van der Waals surface area contributed by atoms with Gasteiger partial charge in [0.1, 0.15) is 8.07 Å². The number of hydrogen-bond acceptors (Lipinski definition) is 2. The van der Waals surface area contributed by atoms with Gasteiger partial charge in [0.25, 0.3) is 0 Å². The first-order valence-corrected chi connectivity index (χ1v) is 26.7. The molecule has 0 N–H and O–H groups in total. The van der Waals surface area contributed by atoms with E-state index in [-0.39, 0.29) is 7.43 Å². The zero-order valence-corrected chi connectivity index (χ0v) is 41.3. The number of rotatable bonds is 5. The zero-order valence-electron chi connectivity index (χ0n) is 39.3. The van der Waals surface area contributed by atoms with Crippen molar-refractivity contribution in [2.24, 2.45) is 5.41 Å². The van der Waals surface area contributed by atoms with E-state index in [4.69, 9.17) is 4.74 Å². The number of allylic oxidation sites excluding steroid dienone is 1. The minimum atomic E-state index is -1.70. The first-order valence-electron chi connectivity index (χ1n) is 20.7. The Morgan fingerprint density at radius 2 is 1.00 bits per heavy atom. The lowest BCUT2D eigenvalue weighted by atomic mass is 10.0. The first-order chi connectivity index (χ1) is 24.9. The second-order valence-corrected chi connectivity index (χ2v) is 29.8.